The van der Waals surface area contributed by atoms with Gasteiger partial charge in [-0.1, -0.05) is 29.4 Å². The number of fused-ring (bicyclic) bond motifs is 2. The fourth-order valence-corrected chi connectivity index (χ4v) is 4.52. The second-order valence-electron chi connectivity index (χ2n) is 8.27. The topological polar surface area (TPSA) is 98.7 Å². The zero-order chi connectivity index (χ0) is 23.3. The van der Waals surface area contributed by atoms with Gasteiger partial charge in [-0.25, -0.2) is 9.78 Å². The van der Waals surface area contributed by atoms with E-state index in [2.05, 4.69) is 10.1 Å². The van der Waals surface area contributed by atoms with Gasteiger partial charge < -0.3 is 18.6 Å². The zero-order valence-corrected chi connectivity index (χ0v) is 18.8. The number of hydrogen-bond acceptors (Lipinski definition) is 7. The highest BCUT2D eigenvalue weighted by atomic mass is 16.5. The van der Waals surface area contributed by atoms with Crippen molar-refractivity contribution in [1.29, 1.82) is 0 Å². The Labute approximate surface area is 190 Å². The van der Waals surface area contributed by atoms with Gasteiger partial charge in [0.1, 0.15) is 17.6 Å². The highest BCUT2D eigenvalue weighted by Gasteiger charge is 2.37. The van der Waals surface area contributed by atoms with E-state index in [-0.39, 0.29) is 11.6 Å². The van der Waals surface area contributed by atoms with Crippen LogP contribution in [0.15, 0.2) is 45.3 Å². The standard InChI is InChI=1S/C25H23N3O5/c1-13-9-18(15(3)32-13)20-11-19(22-14(2)27-33-23(22)26-20)24(29)28-12-17-8-6-5-7-16(17)10-21(28)25(30)31-4/h5-9,11,21H,10,12H2,1-4H3. The summed E-state index contributed by atoms with van der Waals surface area (Å²) in [5, 5.41) is 4.56. The molecule has 8 heteroatoms. The van der Waals surface area contributed by atoms with Gasteiger partial charge in [-0.15, -0.1) is 0 Å². The van der Waals surface area contributed by atoms with E-state index in [1.807, 2.05) is 44.2 Å². The van der Waals surface area contributed by atoms with E-state index in [0.29, 0.717) is 41.1 Å². The van der Waals surface area contributed by atoms with Crippen molar-refractivity contribution in [3.63, 3.8) is 0 Å². The lowest BCUT2D eigenvalue weighted by molar-refractivity contribution is -0.146. The molecule has 0 radical (unpaired) electrons. The molecule has 1 aromatic carbocycles. The van der Waals surface area contributed by atoms with Gasteiger partial charge in [0.05, 0.1) is 29.4 Å². The molecule has 0 spiro atoms. The van der Waals surface area contributed by atoms with Crippen molar-refractivity contribution >= 4 is 23.0 Å². The molecular weight excluding hydrogens is 422 g/mol. The van der Waals surface area contributed by atoms with Gasteiger partial charge in [0.25, 0.3) is 11.6 Å². The van der Waals surface area contributed by atoms with Gasteiger partial charge >= 0.3 is 5.97 Å². The Morgan fingerprint density at radius 3 is 2.58 bits per heavy atom. The minimum atomic E-state index is -0.734. The Bertz CT molecular complexity index is 1400. The molecule has 0 fully saturated rings. The van der Waals surface area contributed by atoms with E-state index in [4.69, 9.17) is 13.7 Å². The Balaban J connectivity index is 1.66. The quantitative estimate of drug-likeness (QED) is 0.437. The lowest BCUT2D eigenvalue weighted by Gasteiger charge is -2.35. The van der Waals surface area contributed by atoms with Crippen LogP contribution in [0.3, 0.4) is 0 Å². The Morgan fingerprint density at radius 2 is 1.88 bits per heavy atom. The predicted molar refractivity (Wildman–Crippen MR) is 120 cm³/mol. The molecule has 0 saturated heterocycles. The van der Waals surface area contributed by atoms with Crippen molar-refractivity contribution in [2.75, 3.05) is 7.11 Å². The number of rotatable bonds is 3. The number of aromatic nitrogens is 2. The summed E-state index contributed by atoms with van der Waals surface area (Å²) >= 11 is 0. The van der Waals surface area contributed by atoms with Crippen molar-refractivity contribution in [1.82, 2.24) is 15.0 Å². The summed E-state index contributed by atoms with van der Waals surface area (Å²) in [7, 11) is 1.34. The summed E-state index contributed by atoms with van der Waals surface area (Å²) in [5.74, 6) is 0.669. The molecule has 4 heterocycles. The first-order valence-corrected chi connectivity index (χ1v) is 10.7. The zero-order valence-electron chi connectivity index (χ0n) is 18.8. The van der Waals surface area contributed by atoms with Crippen molar-refractivity contribution < 1.29 is 23.3 Å². The highest BCUT2D eigenvalue weighted by Crippen LogP contribution is 2.33. The normalized spacial score (nSPS) is 15.5. The first kappa shape index (κ1) is 20.9. The van der Waals surface area contributed by atoms with E-state index in [0.717, 1.165) is 22.5 Å². The molecule has 5 rings (SSSR count). The van der Waals surface area contributed by atoms with Crippen LogP contribution < -0.4 is 0 Å². The summed E-state index contributed by atoms with van der Waals surface area (Å²) in [5.41, 5.74) is 4.54. The molecule has 1 aliphatic heterocycles. The fourth-order valence-electron chi connectivity index (χ4n) is 4.52. The molecule has 1 aliphatic rings. The van der Waals surface area contributed by atoms with E-state index >= 15 is 0 Å². The second kappa shape index (κ2) is 7.88. The molecule has 33 heavy (non-hydrogen) atoms. The minimum absolute atomic E-state index is 0.263. The third-order valence-electron chi connectivity index (χ3n) is 6.15. The number of hydrogen-bond donors (Lipinski definition) is 0. The van der Waals surface area contributed by atoms with Gasteiger partial charge in [0.2, 0.25) is 0 Å². The molecule has 1 atom stereocenters. The SMILES string of the molecule is COC(=O)C1Cc2ccccc2CN1C(=O)c1cc(-c2cc(C)oc2C)nc2onc(C)c12. The smallest absolute Gasteiger partial charge is 0.328 e. The van der Waals surface area contributed by atoms with Crippen LogP contribution in [0.4, 0.5) is 0 Å². The van der Waals surface area contributed by atoms with E-state index < -0.39 is 12.0 Å². The number of amides is 1. The van der Waals surface area contributed by atoms with Gasteiger partial charge in [0.15, 0.2) is 0 Å². The van der Waals surface area contributed by atoms with Crippen LogP contribution in [0, 0.1) is 20.8 Å². The van der Waals surface area contributed by atoms with E-state index in [1.54, 1.807) is 17.9 Å². The average Bonchev–Trinajstić information content (AvgIpc) is 3.37. The maximum atomic E-state index is 14.0. The summed E-state index contributed by atoms with van der Waals surface area (Å²) in [6.45, 7) is 5.75. The lowest BCUT2D eigenvalue weighted by atomic mass is 9.93. The van der Waals surface area contributed by atoms with Gasteiger partial charge in [-0.2, -0.15) is 0 Å². The molecule has 3 aromatic heterocycles. The number of methoxy groups -OCH3 is 1. The molecule has 0 aliphatic carbocycles. The molecule has 4 aromatic rings. The molecule has 168 valence electrons. The number of carbonyl (C=O) groups excluding carboxylic acids is 2. The monoisotopic (exact) mass is 445 g/mol. The van der Waals surface area contributed by atoms with Crippen molar-refractivity contribution in [2.45, 2.75) is 39.8 Å². The molecule has 1 unspecified atom stereocenters. The molecule has 0 N–H and O–H groups in total. The Kier molecular flexibility index (Phi) is 5.00. The number of nitrogens with zero attached hydrogens (tertiary/aromatic N) is 3. The maximum Gasteiger partial charge on any atom is 0.328 e. The highest BCUT2D eigenvalue weighted by molar-refractivity contribution is 6.08. The summed E-state index contributed by atoms with van der Waals surface area (Å²) in [6, 6.07) is 10.7. The molecular formula is C25H23N3O5. The van der Waals surface area contributed by atoms with Crippen LogP contribution in [0.2, 0.25) is 0 Å². The molecule has 8 nitrogen and oxygen atoms in total. The summed E-state index contributed by atoms with van der Waals surface area (Å²) in [4.78, 5) is 32.8. The van der Waals surface area contributed by atoms with Gasteiger partial charge in [-0.05, 0) is 44.0 Å². The molecule has 0 bridgehead atoms. The average molecular weight is 445 g/mol. The molecule has 0 saturated carbocycles. The third kappa shape index (κ3) is 3.47. The van der Waals surface area contributed by atoms with Crippen molar-refractivity contribution in [3.8, 4) is 11.3 Å². The number of aryl methyl sites for hydroxylation is 3. The van der Waals surface area contributed by atoms with Crippen molar-refractivity contribution in [2.24, 2.45) is 0 Å². The molecule has 1 amide bonds. The van der Waals surface area contributed by atoms with E-state index in [1.165, 1.54) is 7.11 Å². The first-order chi connectivity index (χ1) is 15.9. The van der Waals surface area contributed by atoms with Gasteiger partial charge in [-0.3, -0.25) is 4.79 Å². The number of carbonyl (C=O) groups is 2. The number of benzene rings is 1. The second-order valence-corrected chi connectivity index (χ2v) is 8.27. The predicted octanol–water partition coefficient (Wildman–Crippen LogP) is 4.15. The third-order valence-corrected chi connectivity index (χ3v) is 6.15. The van der Waals surface area contributed by atoms with Crippen LogP contribution in [-0.2, 0) is 22.5 Å². The van der Waals surface area contributed by atoms with Gasteiger partial charge in [0, 0.05) is 18.5 Å². The lowest BCUT2D eigenvalue weighted by Crippen LogP contribution is -2.49. The van der Waals surface area contributed by atoms with Crippen LogP contribution in [0.5, 0.6) is 0 Å². The number of pyridine rings is 1. The first-order valence-electron chi connectivity index (χ1n) is 10.7. The maximum absolute atomic E-state index is 14.0. The summed E-state index contributed by atoms with van der Waals surface area (Å²) in [6.07, 6.45) is 0.387. The fraction of sp³-hybridized carbons (Fsp3) is 0.280. The van der Waals surface area contributed by atoms with Crippen molar-refractivity contribution in [3.05, 3.63) is 70.3 Å². The van der Waals surface area contributed by atoms with Crippen LogP contribution >= 0.6 is 0 Å². The number of ether oxygens (including phenoxy) is 1. The van der Waals surface area contributed by atoms with Crippen LogP contribution in [0.1, 0.15) is 38.7 Å². The van der Waals surface area contributed by atoms with Crippen LogP contribution in [-0.4, -0.2) is 40.1 Å². The number of esters is 1. The Hall–Kier alpha value is -3.94. The largest absolute Gasteiger partial charge is 0.467 e. The summed E-state index contributed by atoms with van der Waals surface area (Å²) < 4.78 is 16.1. The minimum Gasteiger partial charge on any atom is -0.467 e. The van der Waals surface area contributed by atoms with E-state index in [9.17, 15) is 9.59 Å². The number of furan rings is 1. The van der Waals surface area contributed by atoms with Crippen LogP contribution in [0.25, 0.3) is 22.4 Å². The Morgan fingerprint density at radius 1 is 1.12 bits per heavy atom.